The van der Waals surface area contributed by atoms with E-state index in [9.17, 15) is 0 Å². The van der Waals surface area contributed by atoms with Gasteiger partial charge in [-0.3, -0.25) is 0 Å². The molecule has 2 aromatic carbocycles. The topological polar surface area (TPSA) is 9.23 Å². The summed E-state index contributed by atoms with van der Waals surface area (Å²) in [5, 5.41) is 0. The molecule has 0 heterocycles. The van der Waals surface area contributed by atoms with E-state index in [2.05, 4.69) is 52.3 Å². The minimum absolute atomic E-state index is 0.212. The number of benzene rings is 2. The second-order valence-corrected chi connectivity index (χ2v) is 4.69. The van der Waals surface area contributed by atoms with Gasteiger partial charge in [-0.05, 0) is 30.2 Å². The van der Waals surface area contributed by atoms with Gasteiger partial charge in [0.1, 0.15) is 5.75 Å². The van der Waals surface area contributed by atoms with E-state index in [1.807, 2.05) is 25.1 Å². The van der Waals surface area contributed by atoms with Crippen molar-refractivity contribution < 1.29 is 4.74 Å². The van der Waals surface area contributed by atoms with Gasteiger partial charge in [-0.1, -0.05) is 58.4 Å². The fraction of sp³-hybridized carbons (Fsp3) is 0.200. The molecule has 2 rings (SSSR count). The zero-order valence-electron chi connectivity index (χ0n) is 9.77. The van der Waals surface area contributed by atoms with Crippen molar-refractivity contribution in [2.45, 2.75) is 11.8 Å². The van der Waals surface area contributed by atoms with Crippen molar-refractivity contribution in [2.75, 3.05) is 6.61 Å². The van der Waals surface area contributed by atoms with Gasteiger partial charge < -0.3 is 4.74 Å². The van der Waals surface area contributed by atoms with Crippen molar-refractivity contribution in [3.8, 4) is 5.75 Å². The lowest BCUT2D eigenvalue weighted by Crippen LogP contribution is -1.95. The highest BCUT2D eigenvalue weighted by Crippen LogP contribution is 2.32. The number of halogens is 1. The summed E-state index contributed by atoms with van der Waals surface area (Å²) in [6.45, 7) is 2.69. The van der Waals surface area contributed by atoms with Crippen LogP contribution in [0.25, 0.3) is 0 Å². The number of hydrogen-bond acceptors (Lipinski definition) is 1. The SMILES string of the molecule is CCOc1cccc(C(Br)c2ccccc2)c1. The van der Waals surface area contributed by atoms with Crippen molar-refractivity contribution >= 4 is 15.9 Å². The van der Waals surface area contributed by atoms with Crippen LogP contribution in [0.2, 0.25) is 0 Å². The van der Waals surface area contributed by atoms with Crippen LogP contribution in [0.5, 0.6) is 5.75 Å². The Bertz CT molecular complexity index is 467. The standard InChI is InChI=1S/C15H15BrO/c1-2-17-14-10-6-9-13(11-14)15(16)12-7-4-3-5-8-12/h3-11,15H,2H2,1H3. The van der Waals surface area contributed by atoms with E-state index in [1.54, 1.807) is 0 Å². The molecule has 0 aliphatic carbocycles. The Kier molecular flexibility index (Phi) is 4.21. The molecule has 0 bridgehead atoms. The number of hydrogen-bond donors (Lipinski definition) is 0. The van der Waals surface area contributed by atoms with Crippen LogP contribution in [-0.2, 0) is 0 Å². The second-order valence-electron chi connectivity index (χ2n) is 3.78. The van der Waals surface area contributed by atoms with Gasteiger partial charge in [-0.15, -0.1) is 0 Å². The quantitative estimate of drug-likeness (QED) is 0.750. The Morgan fingerprint density at radius 3 is 2.41 bits per heavy atom. The predicted octanol–water partition coefficient (Wildman–Crippen LogP) is 4.57. The Morgan fingerprint density at radius 1 is 1.00 bits per heavy atom. The summed E-state index contributed by atoms with van der Waals surface area (Å²) >= 11 is 3.72. The Labute approximate surface area is 111 Å². The second kappa shape index (κ2) is 5.87. The molecule has 1 unspecified atom stereocenters. The van der Waals surface area contributed by atoms with Crippen molar-refractivity contribution in [1.29, 1.82) is 0 Å². The lowest BCUT2D eigenvalue weighted by atomic mass is 10.0. The third-order valence-corrected chi connectivity index (χ3v) is 3.61. The normalized spacial score (nSPS) is 12.1. The third-order valence-electron chi connectivity index (χ3n) is 2.55. The van der Waals surface area contributed by atoms with E-state index in [0.29, 0.717) is 6.61 Å². The highest BCUT2D eigenvalue weighted by atomic mass is 79.9. The van der Waals surface area contributed by atoms with Crippen molar-refractivity contribution in [1.82, 2.24) is 0 Å². The average Bonchev–Trinajstić information content (AvgIpc) is 2.40. The van der Waals surface area contributed by atoms with Gasteiger partial charge in [0.15, 0.2) is 0 Å². The molecule has 88 valence electrons. The fourth-order valence-corrected chi connectivity index (χ4v) is 2.33. The van der Waals surface area contributed by atoms with Gasteiger partial charge in [0, 0.05) is 0 Å². The monoisotopic (exact) mass is 290 g/mol. The van der Waals surface area contributed by atoms with Crippen LogP contribution < -0.4 is 4.74 Å². The summed E-state index contributed by atoms with van der Waals surface area (Å²) in [4.78, 5) is 0.212. The lowest BCUT2D eigenvalue weighted by Gasteiger charge is -2.12. The summed E-state index contributed by atoms with van der Waals surface area (Å²) in [5.41, 5.74) is 2.46. The molecule has 1 nitrogen and oxygen atoms in total. The summed E-state index contributed by atoms with van der Waals surface area (Å²) in [5.74, 6) is 0.922. The first-order valence-corrected chi connectivity index (χ1v) is 6.64. The first-order chi connectivity index (χ1) is 8.31. The highest BCUT2D eigenvalue weighted by molar-refractivity contribution is 9.09. The van der Waals surface area contributed by atoms with Crippen molar-refractivity contribution in [2.24, 2.45) is 0 Å². The summed E-state index contributed by atoms with van der Waals surface area (Å²) in [7, 11) is 0. The first kappa shape index (κ1) is 12.2. The molecule has 2 aromatic rings. The molecule has 0 radical (unpaired) electrons. The Hall–Kier alpha value is -1.28. The van der Waals surface area contributed by atoms with Crippen LogP contribution in [-0.4, -0.2) is 6.61 Å². The Balaban J connectivity index is 2.25. The smallest absolute Gasteiger partial charge is 0.119 e. The van der Waals surface area contributed by atoms with E-state index in [4.69, 9.17) is 4.74 Å². The lowest BCUT2D eigenvalue weighted by molar-refractivity contribution is 0.340. The van der Waals surface area contributed by atoms with E-state index >= 15 is 0 Å². The molecular weight excluding hydrogens is 276 g/mol. The first-order valence-electron chi connectivity index (χ1n) is 5.73. The van der Waals surface area contributed by atoms with Gasteiger partial charge in [-0.2, -0.15) is 0 Å². The molecule has 0 aliphatic heterocycles. The van der Waals surface area contributed by atoms with Crippen LogP contribution in [0.1, 0.15) is 22.9 Å². The fourth-order valence-electron chi connectivity index (χ4n) is 1.74. The summed E-state index contributed by atoms with van der Waals surface area (Å²) in [6, 6.07) is 18.6. The van der Waals surface area contributed by atoms with Crippen LogP contribution in [0.3, 0.4) is 0 Å². The maximum absolute atomic E-state index is 5.51. The third kappa shape index (κ3) is 3.10. The van der Waals surface area contributed by atoms with Crippen LogP contribution >= 0.6 is 15.9 Å². The summed E-state index contributed by atoms with van der Waals surface area (Å²) in [6.07, 6.45) is 0. The van der Waals surface area contributed by atoms with Gasteiger partial charge in [0.2, 0.25) is 0 Å². The largest absolute Gasteiger partial charge is 0.494 e. The summed E-state index contributed by atoms with van der Waals surface area (Å²) < 4.78 is 5.51. The molecule has 17 heavy (non-hydrogen) atoms. The van der Waals surface area contributed by atoms with E-state index < -0.39 is 0 Å². The van der Waals surface area contributed by atoms with Crippen molar-refractivity contribution in [3.05, 3.63) is 65.7 Å². The molecule has 0 saturated carbocycles. The van der Waals surface area contributed by atoms with Crippen LogP contribution in [0.15, 0.2) is 54.6 Å². The van der Waals surface area contributed by atoms with Gasteiger partial charge in [0.05, 0.1) is 11.4 Å². The zero-order chi connectivity index (χ0) is 12.1. The minimum atomic E-state index is 0.212. The molecule has 0 fully saturated rings. The molecule has 2 heteroatoms. The van der Waals surface area contributed by atoms with E-state index in [0.717, 1.165) is 5.75 Å². The Morgan fingerprint density at radius 2 is 1.71 bits per heavy atom. The van der Waals surface area contributed by atoms with Gasteiger partial charge in [-0.25, -0.2) is 0 Å². The molecular formula is C15H15BrO. The number of alkyl halides is 1. The maximum atomic E-state index is 5.51. The predicted molar refractivity (Wildman–Crippen MR) is 74.8 cm³/mol. The van der Waals surface area contributed by atoms with E-state index in [1.165, 1.54) is 11.1 Å². The van der Waals surface area contributed by atoms with Crippen molar-refractivity contribution in [3.63, 3.8) is 0 Å². The maximum Gasteiger partial charge on any atom is 0.119 e. The van der Waals surface area contributed by atoms with Crippen LogP contribution in [0, 0.1) is 0 Å². The molecule has 0 spiro atoms. The van der Waals surface area contributed by atoms with Crippen LogP contribution in [0.4, 0.5) is 0 Å². The molecule has 1 atom stereocenters. The molecule has 0 aromatic heterocycles. The number of ether oxygens (including phenoxy) is 1. The average molecular weight is 291 g/mol. The number of rotatable bonds is 4. The highest BCUT2D eigenvalue weighted by Gasteiger charge is 2.10. The molecule has 0 N–H and O–H groups in total. The molecule has 0 amide bonds. The molecule has 0 saturated heterocycles. The zero-order valence-corrected chi connectivity index (χ0v) is 11.4. The van der Waals surface area contributed by atoms with E-state index in [-0.39, 0.29) is 4.83 Å². The van der Waals surface area contributed by atoms with Gasteiger partial charge in [0.25, 0.3) is 0 Å². The minimum Gasteiger partial charge on any atom is -0.494 e. The molecule has 0 aliphatic rings. The van der Waals surface area contributed by atoms with Gasteiger partial charge >= 0.3 is 0 Å².